The van der Waals surface area contributed by atoms with E-state index in [1.807, 2.05) is 76.3 Å². The molecule has 5 rings (SSSR count). The number of cyclic esters (lactones) is 1. The van der Waals surface area contributed by atoms with Crippen molar-refractivity contribution in [2.75, 3.05) is 6.54 Å². The second-order valence-electron chi connectivity index (χ2n) is 22.5. The Kier molecular flexibility index (Phi) is 23.4. The number of aliphatic hydroxyl groups is 3. The Bertz CT molecular complexity index is 2300. The lowest BCUT2D eigenvalue weighted by Gasteiger charge is -2.51. The van der Waals surface area contributed by atoms with Crippen LogP contribution in [0.4, 0.5) is 0 Å². The van der Waals surface area contributed by atoms with Crippen LogP contribution in [0, 0.1) is 41.4 Å². The van der Waals surface area contributed by atoms with Gasteiger partial charge in [-0.2, -0.15) is 0 Å². The van der Waals surface area contributed by atoms with E-state index in [0.717, 1.165) is 29.6 Å². The Balaban J connectivity index is 1.34. The number of nitrogens with zero attached hydrogens (tertiary/aromatic N) is 1. The molecule has 0 radical (unpaired) electrons. The standard InChI is InChI=1S/C60H89N5O11/c1-11-45-33-41(8)60(63-55(45)70)40(7)32-39(6)52(76-60)35-50(68)37(4)22-15-12-16-23-38(5)51-28-20-14-19-27-49(67)43(10)54(69)46(30-29-42(9)66)56(71)62-53(36(2)3)57(72)61-48(34-44-24-17-13-18-25-44)58(73)65-31-21-26-47(64-65)59(74)75-51/h12-14,16-20,23-25,27,32,36-37,39,41,43,45-54,64,67-69H,11,15,21-22,26,28-31,33-35H2,1-10H3,(H,61,72)(H,62,71)(H,63,70)/b16-12+,20-14+,27-19+,38-23+/t37-,39+,41-,43-,45-,46+,47?,48-,49-,50-,51-,52-,53-,54+,60-/m0/s1. The molecule has 1 aromatic carbocycles. The van der Waals surface area contributed by atoms with Crippen LogP contribution in [0.1, 0.15) is 139 Å². The van der Waals surface area contributed by atoms with Crippen molar-refractivity contribution in [1.82, 2.24) is 26.4 Å². The van der Waals surface area contributed by atoms with Crippen LogP contribution in [-0.4, -0.2) is 117 Å². The van der Waals surface area contributed by atoms with E-state index in [1.165, 1.54) is 18.0 Å². The zero-order valence-electron chi connectivity index (χ0n) is 46.7. The highest BCUT2D eigenvalue weighted by Crippen LogP contribution is 2.43. The van der Waals surface area contributed by atoms with Gasteiger partial charge >= 0.3 is 5.97 Å². The number of hydrogen-bond donors (Lipinski definition) is 7. The molecule has 76 heavy (non-hydrogen) atoms. The molecule has 1 unspecified atom stereocenters. The summed E-state index contributed by atoms with van der Waals surface area (Å²) in [6, 6.07) is 6.06. The van der Waals surface area contributed by atoms with Crippen molar-refractivity contribution in [3.8, 4) is 0 Å². The van der Waals surface area contributed by atoms with Gasteiger partial charge in [0.15, 0.2) is 5.72 Å². The number of allylic oxidation sites excluding steroid dienone is 5. The number of benzene rings is 1. The van der Waals surface area contributed by atoms with Gasteiger partial charge in [0.25, 0.3) is 5.91 Å². The molecule has 0 aliphatic carbocycles. The molecule has 0 saturated carbocycles. The van der Waals surface area contributed by atoms with Crippen LogP contribution in [0.2, 0.25) is 0 Å². The molecular weight excluding hydrogens is 967 g/mol. The predicted octanol–water partition coefficient (Wildman–Crippen LogP) is 6.65. The third kappa shape index (κ3) is 16.6. The second-order valence-corrected chi connectivity index (χ2v) is 22.5. The molecule has 0 aromatic heterocycles. The molecule has 4 aliphatic heterocycles. The van der Waals surface area contributed by atoms with Gasteiger partial charge < -0.3 is 45.5 Å². The van der Waals surface area contributed by atoms with Gasteiger partial charge in [-0.05, 0) is 94.3 Å². The van der Waals surface area contributed by atoms with Gasteiger partial charge in [-0.3, -0.25) is 29.0 Å². The highest BCUT2D eigenvalue weighted by molar-refractivity contribution is 5.93. The van der Waals surface area contributed by atoms with E-state index < -0.39 is 89.7 Å². The van der Waals surface area contributed by atoms with Crippen LogP contribution in [0.15, 0.2) is 90.1 Å². The number of amides is 4. The van der Waals surface area contributed by atoms with Gasteiger partial charge in [0, 0.05) is 55.9 Å². The maximum absolute atomic E-state index is 14.5. The zero-order chi connectivity index (χ0) is 55.9. The van der Waals surface area contributed by atoms with Gasteiger partial charge in [0.05, 0.1) is 30.3 Å². The highest BCUT2D eigenvalue weighted by Gasteiger charge is 2.51. The molecule has 1 aromatic rings. The minimum atomic E-state index is -1.40. The fourth-order valence-electron chi connectivity index (χ4n) is 10.8. The number of hydrazine groups is 1. The molecular formula is C60H89N5O11. The second kappa shape index (κ2) is 28.9. The lowest BCUT2D eigenvalue weighted by atomic mass is 9.75. The topological polar surface area (TPSA) is 233 Å². The SMILES string of the molecule is CC[C@H]1C[C@H](C)[C@@]2(NC1=O)O[C@@H](C[C@H](O)[C@@H](C)CC/C=C/C=C(\C)[C@@H]1C/C=C/C=C/[C@H](O)[C@H](C)[C@@H](O)[C@@H](CCC(C)=O)C(=O)N[C@@H](C(C)C)C(=O)N[C@@H](Cc3ccccc3)C(=O)N3CCCC(N3)C(=O)O1)[C@H](C)C=C2C. The van der Waals surface area contributed by atoms with E-state index in [9.17, 15) is 44.1 Å². The molecule has 4 amide bonds. The number of fused-ring (bicyclic) bond motifs is 2. The summed E-state index contributed by atoms with van der Waals surface area (Å²) in [4.78, 5) is 82.0. The van der Waals surface area contributed by atoms with E-state index in [4.69, 9.17) is 9.47 Å². The first-order chi connectivity index (χ1) is 36.1. The van der Waals surface area contributed by atoms with E-state index in [0.29, 0.717) is 32.1 Å². The smallest absolute Gasteiger partial charge is 0.325 e. The predicted molar refractivity (Wildman–Crippen MR) is 292 cm³/mol. The number of esters is 1. The lowest BCUT2D eigenvalue weighted by Crippen LogP contribution is -2.64. The third-order valence-corrected chi connectivity index (χ3v) is 16.1. The van der Waals surface area contributed by atoms with Crippen molar-refractivity contribution in [3.63, 3.8) is 0 Å². The number of ketones is 1. The number of ether oxygens (including phenoxy) is 2. The third-order valence-electron chi connectivity index (χ3n) is 16.1. The van der Waals surface area contributed by atoms with Gasteiger partial charge in [0.1, 0.15) is 30.0 Å². The van der Waals surface area contributed by atoms with E-state index in [1.54, 1.807) is 39.0 Å². The van der Waals surface area contributed by atoms with Crippen molar-refractivity contribution >= 4 is 35.4 Å². The largest absolute Gasteiger partial charge is 0.456 e. The molecule has 2 saturated heterocycles. The number of nitrogens with one attached hydrogen (secondary N) is 4. The number of carbonyl (C=O) groups excluding carboxylic acids is 6. The summed E-state index contributed by atoms with van der Waals surface area (Å²) in [7, 11) is 0. The van der Waals surface area contributed by atoms with Gasteiger partial charge in [-0.1, -0.05) is 127 Å². The summed E-state index contributed by atoms with van der Waals surface area (Å²) in [6.07, 6.45) is 14.9. The Morgan fingerprint density at radius 3 is 2.38 bits per heavy atom. The number of aliphatic hydroxyl groups excluding tert-OH is 3. The van der Waals surface area contributed by atoms with E-state index >= 15 is 0 Å². The fraction of sp³-hybridized carbons (Fsp3) is 0.633. The first-order valence-corrected chi connectivity index (χ1v) is 27.9. The van der Waals surface area contributed by atoms with Crippen LogP contribution in [-0.2, 0) is 44.7 Å². The molecule has 7 N–H and O–H groups in total. The van der Waals surface area contributed by atoms with Gasteiger partial charge in [-0.15, -0.1) is 0 Å². The number of Topliss-reactive ketones (excluding diaryl/α,β-unsaturated/α-hetero) is 1. The van der Waals surface area contributed by atoms with Crippen molar-refractivity contribution in [1.29, 1.82) is 0 Å². The van der Waals surface area contributed by atoms with Crippen LogP contribution in [0.3, 0.4) is 0 Å². The van der Waals surface area contributed by atoms with Crippen LogP contribution < -0.4 is 21.4 Å². The van der Waals surface area contributed by atoms with Crippen LogP contribution in [0.5, 0.6) is 0 Å². The highest BCUT2D eigenvalue weighted by atomic mass is 16.5. The molecule has 420 valence electrons. The Morgan fingerprint density at radius 1 is 0.974 bits per heavy atom. The van der Waals surface area contributed by atoms with Gasteiger partial charge in [0.2, 0.25) is 17.7 Å². The average Bonchev–Trinajstić information content (AvgIpc) is 3.39. The lowest BCUT2D eigenvalue weighted by molar-refractivity contribution is -0.179. The molecule has 2 bridgehead atoms. The van der Waals surface area contributed by atoms with Crippen molar-refractivity contribution < 1.29 is 53.6 Å². The maximum atomic E-state index is 14.5. The summed E-state index contributed by atoms with van der Waals surface area (Å²) >= 11 is 0. The summed E-state index contributed by atoms with van der Waals surface area (Å²) < 4.78 is 13.0. The summed E-state index contributed by atoms with van der Waals surface area (Å²) in [6.45, 7) is 18.9. The first kappa shape index (κ1) is 61.6. The Morgan fingerprint density at radius 2 is 1.70 bits per heavy atom. The molecule has 16 nitrogen and oxygen atoms in total. The molecule has 4 aliphatic rings. The maximum Gasteiger partial charge on any atom is 0.325 e. The molecule has 4 heterocycles. The molecule has 2 fully saturated rings. The molecule has 16 heteroatoms. The summed E-state index contributed by atoms with van der Waals surface area (Å²) in [5.74, 6) is -4.91. The number of carbonyl (C=O) groups is 6. The Hall–Kier alpha value is -5.26. The molecule has 15 atom stereocenters. The van der Waals surface area contributed by atoms with Gasteiger partial charge in [-0.25, -0.2) is 5.43 Å². The van der Waals surface area contributed by atoms with Crippen LogP contribution in [0.25, 0.3) is 0 Å². The number of rotatable bonds is 15. The van der Waals surface area contributed by atoms with Crippen molar-refractivity contribution in [2.24, 2.45) is 41.4 Å². The summed E-state index contributed by atoms with van der Waals surface area (Å²) in [5, 5.41) is 44.6. The quantitative estimate of drug-likeness (QED) is 0.0556. The molecule has 1 spiro atoms. The van der Waals surface area contributed by atoms with E-state index in [2.05, 4.69) is 41.3 Å². The monoisotopic (exact) mass is 1060 g/mol. The van der Waals surface area contributed by atoms with Crippen molar-refractivity contribution in [3.05, 3.63) is 95.6 Å². The van der Waals surface area contributed by atoms with E-state index in [-0.39, 0.29) is 73.7 Å². The number of hydrogen-bond acceptors (Lipinski definition) is 12. The van der Waals surface area contributed by atoms with Crippen molar-refractivity contribution in [2.45, 2.75) is 194 Å². The summed E-state index contributed by atoms with van der Waals surface area (Å²) in [5.41, 5.74) is 4.74. The van der Waals surface area contributed by atoms with Crippen LogP contribution >= 0.6 is 0 Å². The Labute approximate surface area is 451 Å². The minimum Gasteiger partial charge on any atom is -0.456 e. The normalized spacial score (nSPS) is 33.5. The number of piperidine rings is 1. The average molecular weight is 1060 g/mol. The fourth-order valence-corrected chi connectivity index (χ4v) is 10.8. The zero-order valence-corrected chi connectivity index (χ0v) is 46.7. The first-order valence-electron chi connectivity index (χ1n) is 27.9. The minimum absolute atomic E-state index is 0.0104.